The summed E-state index contributed by atoms with van der Waals surface area (Å²) < 4.78 is 0. The van der Waals surface area contributed by atoms with Crippen LogP contribution >= 0.6 is 0 Å². The SMILES string of the molecule is C=CCC(CC=C)CC(CO)C(O)(CC)CC. The topological polar surface area (TPSA) is 40.5 Å². The third-order valence-corrected chi connectivity index (χ3v) is 3.82. The number of hydrogen-bond donors (Lipinski definition) is 2. The van der Waals surface area contributed by atoms with Crippen LogP contribution in [0.25, 0.3) is 0 Å². The van der Waals surface area contributed by atoms with Gasteiger partial charge in [-0.1, -0.05) is 26.0 Å². The summed E-state index contributed by atoms with van der Waals surface area (Å²) in [4.78, 5) is 0. The van der Waals surface area contributed by atoms with Gasteiger partial charge in [0.05, 0.1) is 5.60 Å². The van der Waals surface area contributed by atoms with E-state index in [9.17, 15) is 10.2 Å². The van der Waals surface area contributed by atoms with Crippen molar-refractivity contribution >= 4 is 0 Å². The lowest BCUT2D eigenvalue weighted by atomic mass is 9.77. The summed E-state index contributed by atoms with van der Waals surface area (Å²) in [6.45, 7) is 11.5. The van der Waals surface area contributed by atoms with Crippen LogP contribution in [0.15, 0.2) is 25.3 Å². The maximum absolute atomic E-state index is 10.5. The molecule has 1 unspecified atom stereocenters. The fourth-order valence-corrected chi connectivity index (χ4v) is 2.45. The molecule has 0 saturated carbocycles. The summed E-state index contributed by atoms with van der Waals surface area (Å²) in [5.41, 5.74) is -0.741. The lowest BCUT2D eigenvalue weighted by Crippen LogP contribution is -2.39. The lowest BCUT2D eigenvalue weighted by Gasteiger charge is -2.35. The van der Waals surface area contributed by atoms with Crippen LogP contribution in [0.2, 0.25) is 0 Å². The van der Waals surface area contributed by atoms with E-state index in [1.165, 1.54) is 0 Å². The van der Waals surface area contributed by atoms with E-state index < -0.39 is 5.60 Å². The molecule has 0 radical (unpaired) electrons. The fraction of sp³-hybridized carbons (Fsp3) is 0.733. The molecule has 0 aliphatic rings. The summed E-state index contributed by atoms with van der Waals surface area (Å²) in [6, 6.07) is 0. The highest BCUT2D eigenvalue weighted by atomic mass is 16.3. The van der Waals surface area contributed by atoms with Crippen LogP contribution in [0.4, 0.5) is 0 Å². The molecule has 0 bridgehead atoms. The number of aliphatic hydroxyl groups is 2. The summed E-state index contributed by atoms with van der Waals surface area (Å²) in [5.74, 6) is 0.370. The van der Waals surface area contributed by atoms with Crippen LogP contribution in [0, 0.1) is 11.8 Å². The molecule has 0 saturated heterocycles. The maximum Gasteiger partial charge on any atom is 0.0692 e. The molecule has 0 aromatic heterocycles. The molecule has 2 N–H and O–H groups in total. The number of rotatable bonds is 10. The molecule has 0 fully saturated rings. The average molecular weight is 240 g/mol. The third kappa shape index (κ3) is 5.05. The van der Waals surface area contributed by atoms with Crippen molar-refractivity contribution in [3.8, 4) is 0 Å². The van der Waals surface area contributed by atoms with E-state index in [0.717, 1.165) is 19.3 Å². The standard InChI is InChI=1S/C15H28O2/c1-5-9-13(10-6-2)11-14(12-16)15(17,7-3)8-4/h5-6,13-14,16-17H,1-2,7-12H2,3-4H3. The molecule has 0 aliphatic heterocycles. The van der Waals surface area contributed by atoms with E-state index in [2.05, 4.69) is 13.2 Å². The Hall–Kier alpha value is -0.600. The van der Waals surface area contributed by atoms with Gasteiger partial charge in [-0.05, 0) is 38.0 Å². The molecule has 100 valence electrons. The second kappa shape index (κ2) is 8.48. The molecule has 0 aromatic rings. The van der Waals surface area contributed by atoms with Crippen molar-refractivity contribution in [1.29, 1.82) is 0 Å². The van der Waals surface area contributed by atoms with Crippen molar-refractivity contribution in [2.45, 2.75) is 51.6 Å². The Bertz CT molecular complexity index is 209. The highest BCUT2D eigenvalue weighted by Gasteiger charge is 2.33. The number of allylic oxidation sites excluding steroid dienone is 2. The van der Waals surface area contributed by atoms with E-state index in [0.29, 0.717) is 18.8 Å². The van der Waals surface area contributed by atoms with Crippen molar-refractivity contribution in [1.82, 2.24) is 0 Å². The lowest BCUT2D eigenvalue weighted by molar-refractivity contribution is -0.0545. The molecule has 2 heteroatoms. The third-order valence-electron chi connectivity index (χ3n) is 3.82. The van der Waals surface area contributed by atoms with Crippen LogP contribution in [0.5, 0.6) is 0 Å². The second-order valence-corrected chi connectivity index (χ2v) is 4.84. The van der Waals surface area contributed by atoms with Crippen LogP contribution in [-0.2, 0) is 0 Å². The van der Waals surface area contributed by atoms with E-state index in [1.54, 1.807) is 0 Å². The van der Waals surface area contributed by atoms with E-state index in [-0.39, 0.29) is 12.5 Å². The minimum Gasteiger partial charge on any atom is -0.396 e. The normalized spacial score (nSPS) is 13.7. The Labute approximate surface area is 106 Å². The van der Waals surface area contributed by atoms with Gasteiger partial charge in [0.2, 0.25) is 0 Å². The van der Waals surface area contributed by atoms with Crippen LogP contribution < -0.4 is 0 Å². The van der Waals surface area contributed by atoms with Crippen molar-refractivity contribution in [3.63, 3.8) is 0 Å². The molecule has 0 amide bonds. The Morgan fingerprint density at radius 2 is 1.59 bits per heavy atom. The van der Waals surface area contributed by atoms with Gasteiger partial charge in [0.25, 0.3) is 0 Å². The first-order valence-corrected chi connectivity index (χ1v) is 6.62. The van der Waals surface area contributed by atoms with Crippen molar-refractivity contribution in [3.05, 3.63) is 25.3 Å². The maximum atomic E-state index is 10.5. The monoisotopic (exact) mass is 240 g/mol. The Kier molecular flexibility index (Phi) is 8.19. The first kappa shape index (κ1) is 16.4. The Morgan fingerprint density at radius 1 is 1.12 bits per heavy atom. The summed E-state index contributed by atoms with van der Waals surface area (Å²) in [7, 11) is 0. The van der Waals surface area contributed by atoms with Gasteiger partial charge in [0.1, 0.15) is 0 Å². The van der Waals surface area contributed by atoms with Crippen molar-refractivity contribution in [2.24, 2.45) is 11.8 Å². The predicted molar refractivity (Wildman–Crippen MR) is 73.8 cm³/mol. The Balaban J connectivity index is 4.63. The molecule has 2 nitrogen and oxygen atoms in total. The van der Waals surface area contributed by atoms with Gasteiger partial charge in [-0.3, -0.25) is 0 Å². The van der Waals surface area contributed by atoms with Gasteiger partial charge in [0.15, 0.2) is 0 Å². The Morgan fingerprint density at radius 3 is 1.88 bits per heavy atom. The largest absolute Gasteiger partial charge is 0.396 e. The minimum absolute atomic E-state index is 0.0446. The molecule has 17 heavy (non-hydrogen) atoms. The molecule has 0 aromatic carbocycles. The average Bonchev–Trinajstić information content (AvgIpc) is 2.35. The molecule has 0 rings (SSSR count). The summed E-state index contributed by atoms with van der Waals surface area (Å²) in [5, 5.41) is 20.0. The fourth-order valence-electron chi connectivity index (χ4n) is 2.45. The predicted octanol–water partition coefficient (Wildman–Crippen LogP) is 3.30. The molecule has 1 atom stereocenters. The summed E-state index contributed by atoms with van der Waals surface area (Å²) in [6.07, 6.45) is 7.82. The van der Waals surface area contributed by atoms with E-state index in [1.807, 2.05) is 26.0 Å². The van der Waals surface area contributed by atoms with E-state index >= 15 is 0 Å². The molecule has 0 spiro atoms. The molecular weight excluding hydrogens is 212 g/mol. The zero-order valence-corrected chi connectivity index (χ0v) is 11.4. The zero-order chi connectivity index (χ0) is 13.3. The van der Waals surface area contributed by atoms with Crippen molar-refractivity contribution < 1.29 is 10.2 Å². The molecule has 0 heterocycles. The highest BCUT2D eigenvalue weighted by molar-refractivity contribution is 4.88. The van der Waals surface area contributed by atoms with Gasteiger partial charge < -0.3 is 10.2 Å². The van der Waals surface area contributed by atoms with Gasteiger partial charge in [-0.15, -0.1) is 13.2 Å². The first-order chi connectivity index (χ1) is 8.07. The molecule has 0 aliphatic carbocycles. The minimum atomic E-state index is -0.741. The molecular formula is C15H28O2. The van der Waals surface area contributed by atoms with Crippen LogP contribution in [-0.4, -0.2) is 22.4 Å². The second-order valence-electron chi connectivity index (χ2n) is 4.84. The highest BCUT2D eigenvalue weighted by Crippen LogP contribution is 2.32. The summed E-state index contributed by atoms with van der Waals surface area (Å²) >= 11 is 0. The smallest absolute Gasteiger partial charge is 0.0692 e. The van der Waals surface area contributed by atoms with Gasteiger partial charge in [-0.25, -0.2) is 0 Å². The number of hydrogen-bond acceptors (Lipinski definition) is 2. The van der Waals surface area contributed by atoms with Crippen LogP contribution in [0.3, 0.4) is 0 Å². The first-order valence-electron chi connectivity index (χ1n) is 6.62. The van der Waals surface area contributed by atoms with Crippen molar-refractivity contribution in [2.75, 3.05) is 6.61 Å². The van der Waals surface area contributed by atoms with Crippen LogP contribution in [0.1, 0.15) is 46.0 Å². The van der Waals surface area contributed by atoms with Gasteiger partial charge >= 0.3 is 0 Å². The van der Waals surface area contributed by atoms with Gasteiger partial charge in [-0.2, -0.15) is 0 Å². The van der Waals surface area contributed by atoms with E-state index in [4.69, 9.17) is 0 Å². The quantitative estimate of drug-likeness (QED) is 0.575. The number of aliphatic hydroxyl groups excluding tert-OH is 1. The zero-order valence-electron chi connectivity index (χ0n) is 11.4. The van der Waals surface area contributed by atoms with Gasteiger partial charge in [0, 0.05) is 12.5 Å².